The number of aromatic nitrogens is 4. The molecule has 0 bridgehead atoms. The SMILES string of the molecule is NC1CCN(c2c(Cl)c3c(c(=O)c(C(=O)O)cn3C3CC3)c3n[nH]nc23)C1. The lowest BCUT2D eigenvalue weighted by Crippen LogP contribution is -2.27. The maximum atomic E-state index is 12.9. The van der Waals surface area contributed by atoms with E-state index in [-0.39, 0.29) is 23.0 Å². The van der Waals surface area contributed by atoms with Crippen LogP contribution >= 0.6 is 11.6 Å². The predicted octanol–water partition coefficient (Wildman–Crippen LogP) is 1.50. The number of H-pyrrole nitrogens is 1. The van der Waals surface area contributed by atoms with Crippen LogP contribution in [0.1, 0.15) is 35.7 Å². The Bertz CT molecular complexity index is 1170. The van der Waals surface area contributed by atoms with Gasteiger partial charge in [0.2, 0.25) is 5.43 Å². The summed E-state index contributed by atoms with van der Waals surface area (Å²) in [6.45, 7) is 1.36. The summed E-state index contributed by atoms with van der Waals surface area (Å²) in [5, 5.41) is 21.0. The van der Waals surface area contributed by atoms with Crippen LogP contribution < -0.4 is 16.1 Å². The van der Waals surface area contributed by atoms with Crippen LogP contribution in [0, 0.1) is 0 Å². The van der Waals surface area contributed by atoms with E-state index in [0.717, 1.165) is 25.8 Å². The van der Waals surface area contributed by atoms with Crippen LogP contribution in [0.3, 0.4) is 0 Å². The molecule has 5 rings (SSSR count). The van der Waals surface area contributed by atoms with Crippen molar-refractivity contribution in [3.05, 3.63) is 27.0 Å². The van der Waals surface area contributed by atoms with Crippen molar-refractivity contribution >= 4 is 45.2 Å². The summed E-state index contributed by atoms with van der Waals surface area (Å²) >= 11 is 6.81. The molecule has 3 heterocycles. The fourth-order valence-corrected chi connectivity index (χ4v) is 4.34. The molecule has 2 aromatic heterocycles. The van der Waals surface area contributed by atoms with Gasteiger partial charge in [-0.3, -0.25) is 4.79 Å². The summed E-state index contributed by atoms with van der Waals surface area (Å²) < 4.78 is 1.82. The Hall–Kier alpha value is -2.65. The number of halogens is 1. The van der Waals surface area contributed by atoms with E-state index >= 15 is 0 Å². The van der Waals surface area contributed by atoms with E-state index in [2.05, 4.69) is 20.3 Å². The van der Waals surface area contributed by atoms with Gasteiger partial charge in [-0.25, -0.2) is 4.79 Å². The van der Waals surface area contributed by atoms with Crippen molar-refractivity contribution in [2.75, 3.05) is 18.0 Å². The molecule has 2 aliphatic rings. The van der Waals surface area contributed by atoms with Crippen molar-refractivity contribution in [2.45, 2.75) is 31.3 Å². The Morgan fingerprint density at radius 1 is 1.30 bits per heavy atom. The van der Waals surface area contributed by atoms with E-state index in [1.807, 2.05) is 4.57 Å². The number of carbonyl (C=O) groups is 1. The Morgan fingerprint density at radius 2 is 2.04 bits per heavy atom. The summed E-state index contributed by atoms with van der Waals surface area (Å²) in [6, 6.07) is 0.167. The number of carboxylic acid groups (broad SMARTS) is 1. The molecule has 1 aromatic carbocycles. The summed E-state index contributed by atoms with van der Waals surface area (Å²) in [7, 11) is 0. The van der Waals surface area contributed by atoms with Crippen LogP contribution in [0.5, 0.6) is 0 Å². The van der Waals surface area contributed by atoms with E-state index in [4.69, 9.17) is 17.3 Å². The van der Waals surface area contributed by atoms with Crippen molar-refractivity contribution in [1.82, 2.24) is 20.0 Å². The van der Waals surface area contributed by atoms with Gasteiger partial charge in [-0.15, -0.1) is 0 Å². The van der Waals surface area contributed by atoms with Crippen molar-refractivity contribution < 1.29 is 9.90 Å². The summed E-state index contributed by atoms with van der Waals surface area (Å²) in [6.07, 6.45) is 4.06. The third kappa shape index (κ3) is 2.35. The van der Waals surface area contributed by atoms with Crippen molar-refractivity contribution in [1.29, 1.82) is 0 Å². The average molecular weight is 389 g/mol. The third-order valence-corrected chi connectivity index (χ3v) is 5.73. The lowest BCUT2D eigenvalue weighted by atomic mass is 10.1. The number of pyridine rings is 1. The molecule has 4 N–H and O–H groups in total. The smallest absolute Gasteiger partial charge is 0.341 e. The highest BCUT2D eigenvalue weighted by Gasteiger charge is 2.33. The number of nitrogens with zero attached hydrogens (tertiary/aromatic N) is 4. The van der Waals surface area contributed by atoms with Gasteiger partial charge in [-0.1, -0.05) is 11.6 Å². The van der Waals surface area contributed by atoms with Gasteiger partial charge >= 0.3 is 5.97 Å². The molecule has 1 aliphatic carbocycles. The van der Waals surface area contributed by atoms with Gasteiger partial charge in [0.15, 0.2) is 0 Å². The standard InChI is InChI=1S/C17H17ClN6O3/c18-11-14-10(16(25)9(17(26)27)6-24(14)8-1-2-8)12-13(21-22-20-12)15(11)23-4-3-7(19)5-23/h6-8H,1-5,19H2,(H,26,27)(H,20,21,22). The van der Waals surface area contributed by atoms with E-state index in [1.54, 1.807) is 0 Å². The number of benzene rings is 1. The van der Waals surface area contributed by atoms with Gasteiger partial charge in [0, 0.05) is 31.4 Å². The number of aromatic amines is 1. The normalized spacial score (nSPS) is 20.1. The number of carboxylic acids is 1. The molecule has 2 fully saturated rings. The Labute approximate surface area is 157 Å². The zero-order valence-electron chi connectivity index (χ0n) is 14.3. The van der Waals surface area contributed by atoms with Gasteiger partial charge in [0.05, 0.1) is 21.6 Å². The third-order valence-electron chi connectivity index (χ3n) is 5.37. The molecule has 140 valence electrons. The van der Waals surface area contributed by atoms with Crippen molar-refractivity contribution in [2.24, 2.45) is 5.73 Å². The fourth-order valence-electron chi connectivity index (χ4n) is 3.93. The monoisotopic (exact) mass is 388 g/mol. The highest BCUT2D eigenvalue weighted by molar-refractivity contribution is 6.40. The van der Waals surface area contributed by atoms with E-state index < -0.39 is 11.4 Å². The van der Waals surface area contributed by atoms with Crippen molar-refractivity contribution in [3.8, 4) is 0 Å². The van der Waals surface area contributed by atoms with E-state index in [9.17, 15) is 14.7 Å². The molecular formula is C17H17ClN6O3. The van der Waals surface area contributed by atoms with Crippen LogP contribution in [0.4, 0.5) is 5.69 Å². The van der Waals surface area contributed by atoms with Gasteiger partial charge in [0.1, 0.15) is 16.6 Å². The second kappa shape index (κ2) is 5.67. The van der Waals surface area contributed by atoms with Crippen molar-refractivity contribution in [3.63, 3.8) is 0 Å². The molecule has 1 atom stereocenters. The first-order valence-electron chi connectivity index (χ1n) is 8.82. The molecule has 9 nitrogen and oxygen atoms in total. The number of aromatic carboxylic acids is 1. The van der Waals surface area contributed by atoms with Crippen LogP contribution in [0.15, 0.2) is 11.0 Å². The maximum Gasteiger partial charge on any atom is 0.341 e. The minimum atomic E-state index is -1.27. The van der Waals surface area contributed by atoms with Gasteiger partial charge in [-0.05, 0) is 19.3 Å². The van der Waals surface area contributed by atoms with E-state index in [1.165, 1.54) is 6.20 Å². The number of rotatable bonds is 3. The highest BCUT2D eigenvalue weighted by atomic mass is 35.5. The summed E-state index contributed by atoms with van der Waals surface area (Å²) in [5.41, 5.74) is 7.19. The molecule has 0 spiro atoms. The van der Waals surface area contributed by atoms with E-state index in [0.29, 0.717) is 33.8 Å². The number of hydrogen-bond donors (Lipinski definition) is 3. The molecular weight excluding hydrogens is 372 g/mol. The maximum absolute atomic E-state index is 12.9. The quantitative estimate of drug-likeness (QED) is 0.619. The Kier molecular flexibility index (Phi) is 3.47. The van der Waals surface area contributed by atoms with Crippen LogP contribution in [-0.2, 0) is 0 Å². The minimum Gasteiger partial charge on any atom is -0.477 e. The largest absolute Gasteiger partial charge is 0.477 e. The first-order valence-corrected chi connectivity index (χ1v) is 9.19. The summed E-state index contributed by atoms with van der Waals surface area (Å²) in [5.74, 6) is -1.27. The molecule has 10 heteroatoms. The lowest BCUT2D eigenvalue weighted by molar-refractivity contribution is 0.0695. The molecule has 1 unspecified atom stereocenters. The van der Waals surface area contributed by atoms with Gasteiger partial charge in [0.25, 0.3) is 0 Å². The second-order valence-corrected chi connectivity index (χ2v) is 7.60. The molecule has 1 aliphatic heterocycles. The summed E-state index contributed by atoms with van der Waals surface area (Å²) in [4.78, 5) is 26.6. The second-order valence-electron chi connectivity index (χ2n) is 7.22. The zero-order chi connectivity index (χ0) is 18.9. The first kappa shape index (κ1) is 16.5. The van der Waals surface area contributed by atoms with Gasteiger partial charge in [-0.2, -0.15) is 15.4 Å². The number of fused-ring (bicyclic) bond motifs is 3. The first-order chi connectivity index (χ1) is 13.0. The Balaban J connectivity index is 1.94. The molecule has 0 radical (unpaired) electrons. The molecule has 0 amide bonds. The minimum absolute atomic E-state index is 0.0405. The molecule has 1 saturated heterocycles. The zero-order valence-corrected chi connectivity index (χ0v) is 15.0. The van der Waals surface area contributed by atoms with Crippen LogP contribution in [-0.4, -0.2) is 50.2 Å². The average Bonchev–Trinajstić information content (AvgIpc) is 3.21. The lowest BCUT2D eigenvalue weighted by Gasteiger charge is -2.22. The number of anilines is 1. The fraction of sp³-hybridized carbons (Fsp3) is 0.412. The topological polar surface area (TPSA) is 130 Å². The van der Waals surface area contributed by atoms with Crippen LogP contribution in [0.2, 0.25) is 5.02 Å². The number of nitrogens with one attached hydrogen (secondary N) is 1. The predicted molar refractivity (Wildman–Crippen MR) is 101 cm³/mol. The molecule has 3 aromatic rings. The van der Waals surface area contributed by atoms with Gasteiger partial charge < -0.3 is 20.3 Å². The highest BCUT2D eigenvalue weighted by Crippen LogP contribution is 2.44. The number of nitrogens with two attached hydrogens (primary N) is 1. The van der Waals surface area contributed by atoms with Crippen LogP contribution in [0.25, 0.3) is 21.9 Å². The Morgan fingerprint density at radius 3 is 2.67 bits per heavy atom. The number of hydrogen-bond acceptors (Lipinski definition) is 6. The molecule has 27 heavy (non-hydrogen) atoms. The molecule has 1 saturated carbocycles.